The van der Waals surface area contributed by atoms with Gasteiger partial charge in [-0.1, -0.05) is 36.4 Å². The number of rotatable bonds is 2. The van der Waals surface area contributed by atoms with E-state index in [0.29, 0.717) is 6.54 Å². The molecule has 1 unspecified atom stereocenters. The normalized spacial score (nSPS) is 23.8. The lowest BCUT2D eigenvalue weighted by atomic mass is 9.74. The molecule has 4 heteroatoms. The number of likely N-dealkylation sites (tertiary alicyclic amines) is 1. The molecule has 1 spiro atoms. The molecule has 0 aliphatic carbocycles. The molecule has 25 heavy (non-hydrogen) atoms. The molecule has 1 fully saturated rings. The van der Waals surface area contributed by atoms with E-state index in [1.54, 1.807) is 0 Å². The molecule has 1 atom stereocenters. The zero-order valence-electron chi connectivity index (χ0n) is 14.5. The molecule has 2 aromatic rings. The first-order valence-corrected chi connectivity index (χ1v) is 9.07. The van der Waals surface area contributed by atoms with Crippen LogP contribution in [-0.4, -0.2) is 23.9 Å². The van der Waals surface area contributed by atoms with Crippen molar-refractivity contribution < 1.29 is 4.79 Å². The van der Waals surface area contributed by atoms with Crippen LogP contribution in [0.3, 0.4) is 0 Å². The van der Waals surface area contributed by atoms with Crippen molar-refractivity contribution in [2.75, 3.05) is 18.8 Å². The maximum atomic E-state index is 12.9. The van der Waals surface area contributed by atoms with Crippen molar-refractivity contribution in [3.8, 4) is 0 Å². The van der Waals surface area contributed by atoms with Crippen molar-refractivity contribution in [1.82, 2.24) is 10.2 Å². The van der Waals surface area contributed by atoms with Crippen LogP contribution < -0.4 is 11.1 Å². The van der Waals surface area contributed by atoms with Gasteiger partial charge in [0.1, 0.15) is 0 Å². The largest absolute Gasteiger partial charge is 0.399 e. The molecule has 4 rings (SSSR count). The predicted molar refractivity (Wildman–Crippen MR) is 99.8 cm³/mol. The van der Waals surface area contributed by atoms with Crippen LogP contribution >= 0.6 is 0 Å². The van der Waals surface area contributed by atoms with E-state index in [2.05, 4.69) is 46.6 Å². The molecule has 3 N–H and O–H groups in total. The molecule has 0 aromatic heterocycles. The monoisotopic (exact) mass is 335 g/mol. The highest BCUT2D eigenvalue weighted by Crippen LogP contribution is 2.37. The van der Waals surface area contributed by atoms with Gasteiger partial charge in [0.05, 0.1) is 5.41 Å². The van der Waals surface area contributed by atoms with Crippen molar-refractivity contribution in [1.29, 1.82) is 0 Å². The van der Waals surface area contributed by atoms with Crippen LogP contribution in [0, 0.1) is 5.41 Å². The summed E-state index contributed by atoms with van der Waals surface area (Å²) in [6.07, 6.45) is 2.86. The number of carbonyl (C=O) groups excluding carboxylic acids is 1. The van der Waals surface area contributed by atoms with Gasteiger partial charge in [0, 0.05) is 25.3 Å². The minimum absolute atomic E-state index is 0.214. The van der Waals surface area contributed by atoms with Gasteiger partial charge in [0.25, 0.3) is 0 Å². The summed E-state index contributed by atoms with van der Waals surface area (Å²) in [6.45, 7) is 3.38. The zero-order valence-corrected chi connectivity index (χ0v) is 14.5. The van der Waals surface area contributed by atoms with Crippen molar-refractivity contribution in [3.63, 3.8) is 0 Å². The summed E-state index contributed by atoms with van der Waals surface area (Å²) in [5.74, 6) is 0.214. The first kappa shape index (κ1) is 16.2. The molecule has 2 heterocycles. The van der Waals surface area contributed by atoms with E-state index in [1.807, 2.05) is 12.1 Å². The second-order valence-electron chi connectivity index (χ2n) is 7.46. The van der Waals surface area contributed by atoms with E-state index in [-0.39, 0.29) is 11.3 Å². The summed E-state index contributed by atoms with van der Waals surface area (Å²) in [5, 5.41) is 3.17. The number of nitrogens with zero attached hydrogens (tertiary/aromatic N) is 1. The first-order valence-electron chi connectivity index (χ1n) is 9.07. The number of hydrogen-bond acceptors (Lipinski definition) is 3. The SMILES string of the molecule is Nc1ccc(CN2CCCC3(Cc4ccccc4CNC3=O)C2)cc1. The Hall–Kier alpha value is -2.33. The van der Waals surface area contributed by atoms with E-state index in [0.717, 1.165) is 44.6 Å². The lowest BCUT2D eigenvalue weighted by Crippen LogP contribution is -2.51. The Balaban J connectivity index is 1.56. The highest BCUT2D eigenvalue weighted by molar-refractivity contribution is 5.84. The molecular weight excluding hydrogens is 310 g/mol. The fraction of sp³-hybridized carbons (Fsp3) is 0.381. The summed E-state index contributed by atoms with van der Waals surface area (Å²) in [6, 6.07) is 16.5. The third kappa shape index (κ3) is 3.27. The van der Waals surface area contributed by atoms with Gasteiger partial charge in [0.15, 0.2) is 0 Å². The summed E-state index contributed by atoms with van der Waals surface area (Å²) < 4.78 is 0. The highest BCUT2D eigenvalue weighted by atomic mass is 16.2. The van der Waals surface area contributed by atoms with E-state index in [4.69, 9.17) is 5.73 Å². The van der Waals surface area contributed by atoms with Crippen LogP contribution in [0.1, 0.15) is 29.5 Å². The van der Waals surface area contributed by atoms with E-state index in [9.17, 15) is 4.79 Å². The van der Waals surface area contributed by atoms with Gasteiger partial charge >= 0.3 is 0 Å². The quantitative estimate of drug-likeness (QED) is 0.830. The number of carbonyl (C=O) groups is 1. The minimum atomic E-state index is -0.307. The molecule has 0 bridgehead atoms. The van der Waals surface area contributed by atoms with Gasteiger partial charge in [-0.05, 0) is 54.6 Å². The predicted octanol–water partition coefficient (Wildman–Crippen LogP) is 2.72. The molecule has 1 saturated heterocycles. The molecule has 2 aliphatic heterocycles. The number of fused-ring (bicyclic) bond motifs is 1. The maximum Gasteiger partial charge on any atom is 0.228 e. The van der Waals surface area contributed by atoms with Gasteiger partial charge in [-0.2, -0.15) is 0 Å². The second kappa shape index (κ2) is 6.52. The van der Waals surface area contributed by atoms with E-state index in [1.165, 1.54) is 16.7 Å². The number of nitrogens with one attached hydrogen (secondary N) is 1. The first-order chi connectivity index (χ1) is 12.1. The Morgan fingerprint density at radius 3 is 2.64 bits per heavy atom. The van der Waals surface area contributed by atoms with Gasteiger partial charge in [-0.3, -0.25) is 9.69 Å². The van der Waals surface area contributed by atoms with Gasteiger partial charge in [-0.15, -0.1) is 0 Å². The molecule has 2 aliphatic rings. The Morgan fingerprint density at radius 2 is 1.84 bits per heavy atom. The number of hydrogen-bond donors (Lipinski definition) is 2. The highest BCUT2D eigenvalue weighted by Gasteiger charge is 2.43. The summed E-state index contributed by atoms with van der Waals surface area (Å²) in [7, 11) is 0. The lowest BCUT2D eigenvalue weighted by molar-refractivity contribution is -0.134. The third-order valence-corrected chi connectivity index (χ3v) is 5.61. The van der Waals surface area contributed by atoms with Crippen LogP contribution in [0.2, 0.25) is 0 Å². The van der Waals surface area contributed by atoms with E-state index >= 15 is 0 Å². The smallest absolute Gasteiger partial charge is 0.228 e. The average Bonchev–Trinajstić information content (AvgIpc) is 2.75. The van der Waals surface area contributed by atoms with Crippen molar-refractivity contribution in [3.05, 3.63) is 65.2 Å². The Morgan fingerprint density at radius 1 is 1.08 bits per heavy atom. The molecule has 1 amide bonds. The fourth-order valence-electron chi connectivity index (χ4n) is 4.28. The maximum absolute atomic E-state index is 12.9. The Bertz CT molecular complexity index is 771. The van der Waals surface area contributed by atoms with Gasteiger partial charge in [0.2, 0.25) is 5.91 Å². The molecule has 2 aromatic carbocycles. The Kier molecular flexibility index (Phi) is 4.22. The molecule has 4 nitrogen and oxygen atoms in total. The summed E-state index contributed by atoms with van der Waals surface area (Å²) >= 11 is 0. The van der Waals surface area contributed by atoms with Crippen LogP contribution in [0.5, 0.6) is 0 Å². The fourth-order valence-corrected chi connectivity index (χ4v) is 4.28. The Labute approximate surface area is 149 Å². The summed E-state index contributed by atoms with van der Waals surface area (Å²) in [4.78, 5) is 15.4. The molecule has 0 saturated carbocycles. The standard InChI is InChI=1S/C21H25N3O/c22-19-8-6-16(7-9-19)14-24-11-3-10-21(15-24)12-17-4-1-2-5-18(17)13-23-20(21)25/h1-2,4-9H,3,10-15,22H2,(H,23,25). The number of benzene rings is 2. The number of piperidine rings is 1. The summed E-state index contributed by atoms with van der Waals surface area (Å²) in [5.41, 5.74) is 10.1. The number of anilines is 1. The zero-order chi connectivity index (χ0) is 17.3. The van der Waals surface area contributed by atoms with E-state index < -0.39 is 0 Å². The van der Waals surface area contributed by atoms with Crippen LogP contribution in [-0.2, 0) is 24.3 Å². The number of nitrogens with two attached hydrogens (primary N) is 1. The molecule has 130 valence electrons. The topological polar surface area (TPSA) is 58.4 Å². The van der Waals surface area contributed by atoms with Crippen LogP contribution in [0.25, 0.3) is 0 Å². The van der Waals surface area contributed by atoms with Crippen LogP contribution in [0.4, 0.5) is 5.69 Å². The third-order valence-electron chi connectivity index (χ3n) is 5.61. The second-order valence-corrected chi connectivity index (χ2v) is 7.46. The van der Waals surface area contributed by atoms with Gasteiger partial charge in [-0.25, -0.2) is 0 Å². The van der Waals surface area contributed by atoms with Crippen LogP contribution in [0.15, 0.2) is 48.5 Å². The average molecular weight is 335 g/mol. The van der Waals surface area contributed by atoms with Crippen molar-refractivity contribution >= 4 is 11.6 Å². The van der Waals surface area contributed by atoms with Crippen molar-refractivity contribution in [2.24, 2.45) is 5.41 Å². The number of nitrogen functional groups attached to an aromatic ring is 1. The molecule has 0 radical (unpaired) electrons. The number of amides is 1. The lowest BCUT2D eigenvalue weighted by Gasteiger charge is -2.41. The molecular formula is C21H25N3O. The van der Waals surface area contributed by atoms with Crippen molar-refractivity contribution in [2.45, 2.75) is 32.4 Å². The van der Waals surface area contributed by atoms with Gasteiger partial charge < -0.3 is 11.1 Å². The minimum Gasteiger partial charge on any atom is -0.399 e.